The van der Waals surface area contributed by atoms with Gasteiger partial charge in [-0.3, -0.25) is 9.59 Å². The summed E-state index contributed by atoms with van der Waals surface area (Å²) in [4.78, 5) is 23.5. The fraction of sp³-hybridized carbons (Fsp3) is 0.500. The van der Waals surface area contributed by atoms with Gasteiger partial charge in [0.15, 0.2) is 0 Å². The van der Waals surface area contributed by atoms with Crippen LogP contribution < -0.4 is 5.32 Å². The standard InChI is InChI=1S/C16H21NO3/c1-11-6-5-7-13(10-11)16(8-3-4-9-16)15(20)17-12(2)14(18)19/h5-7,10,12H,3-4,8-9H2,1-2H3,(H,17,20)(H,18,19). The van der Waals surface area contributed by atoms with E-state index < -0.39 is 17.4 Å². The SMILES string of the molecule is Cc1cccc(C2(C(=O)NC(C)C(=O)O)CCCC2)c1. The minimum Gasteiger partial charge on any atom is -0.480 e. The third-order valence-corrected chi connectivity index (χ3v) is 4.18. The highest BCUT2D eigenvalue weighted by Gasteiger charge is 2.43. The van der Waals surface area contributed by atoms with Gasteiger partial charge in [-0.2, -0.15) is 0 Å². The van der Waals surface area contributed by atoms with Gasteiger partial charge in [0, 0.05) is 0 Å². The van der Waals surface area contributed by atoms with Gasteiger partial charge in [0.1, 0.15) is 6.04 Å². The Morgan fingerprint density at radius 3 is 2.50 bits per heavy atom. The lowest BCUT2D eigenvalue weighted by Gasteiger charge is -2.29. The third-order valence-electron chi connectivity index (χ3n) is 4.18. The van der Waals surface area contributed by atoms with Gasteiger partial charge in [-0.05, 0) is 32.3 Å². The summed E-state index contributed by atoms with van der Waals surface area (Å²) in [5, 5.41) is 11.6. The average molecular weight is 275 g/mol. The van der Waals surface area contributed by atoms with Crippen LogP contribution in [0.3, 0.4) is 0 Å². The van der Waals surface area contributed by atoms with Gasteiger partial charge >= 0.3 is 5.97 Å². The molecule has 0 aliphatic heterocycles. The first kappa shape index (κ1) is 14.6. The van der Waals surface area contributed by atoms with E-state index in [1.54, 1.807) is 0 Å². The summed E-state index contributed by atoms with van der Waals surface area (Å²) in [6.07, 6.45) is 3.58. The van der Waals surface area contributed by atoms with E-state index in [0.29, 0.717) is 0 Å². The minimum absolute atomic E-state index is 0.157. The van der Waals surface area contributed by atoms with Crippen molar-refractivity contribution in [2.45, 2.75) is 51.0 Å². The summed E-state index contributed by atoms with van der Waals surface area (Å²) >= 11 is 0. The summed E-state index contributed by atoms with van der Waals surface area (Å²) in [6, 6.07) is 7.12. The summed E-state index contributed by atoms with van der Waals surface area (Å²) in [5.74, 6) is -1.16. The number of amides is 1. The molecule has 0 radical (unpaired) electrons. The highest BCUT2D eigenvalue weighted by Crippen LogP contribution is 2.41. The quantitative estimate of drug-likeness (QED) is 0.886. The monoisotopic (exact) mass is 275 g/mol. The predicted octanol–water partition coefficient (Wildman–Crippen LogP) is 2.40. The van der Waals surface area contributed by atoms with Gasteiger partial charge < -0.3 is 10.4 Å². The van der Waals surface area contributed by atoms with Crippen molar-refractivity contribution in [3.05, 3.63) is 35.4 Å². The predicted molar refractivity (Wildman–Crippen MR) is 76.6 cm³/mol. The van der Waals surface area contributed by atoms with Crippen LogP contribution in [0.2, 0.25) is 0 Å². The van der Waals surface area contributed by atoms with Crippen molar-refractivity contribution in [1.29, 1.82) is 0 Å². The Balaban J connectivity index is 2.30. The van der Waals surface area contributed by atoms with Crippen LogP contribution in [0.25, 0.3) is 0 Å². The molecule has 0 heterocycles. The molecule has 1 aliphatic carbocycles. The van der Waals surface area contributed by atoms with Gasteiger partial charge in [0.25, 0.3) is 0 Å². The topological polar surface area (TPSA) is 66.4 Å². The smallest absolute Gasteiger partial charge is 0.325 e. The summed E-state index contributed by atoms with van der Waals surface area (Å²) in [5.41, 5.74) is 1.56. The van der Waals surface area contributed by atoms with Crippen LogP contribution in [0.4, 0.5) is 0 Å². The highest BCUT2D eigenvalue weighted by atomic mass is 16.4. The maximum atomic E-state index is 12.6. The molecule has 2 N–H and O–H groups in total. The first-order valence-corrected chi connectivity index (χ1v) is 7.07. The van der Waals surface area contributed by atoms with E-state index in [1.165, 1.54) is 6.92 Å². The van der Waals surface area contributed by atoms with Gasteiger partial charge in [0.05, 0.1) is 5.41 Å². The molecule has 1 aromatic rings. The number of aryl methyl sites for hydroxylation is 1. The number of hydrogen-bond donors (Lipinski definition) is 2. The van der Waals surface area contributed by atoms with Gasteiger partial charge in [0.2, 0.25) is 5.91 Å². The zero-order valence-corrected chi connectivity index (χ0v) is 12.0. The van der Waals surface area contributed by atoms with Crippen molar-refractivity contribution in [3.63, 3.8) is 0 Å². The average Bonchev–Trinajstić information content (AvgIpc) is 2.89. The van der Waals surface area contributed by atoms with Crippen LogP contribution in [-0.2, 0) is 15.0 Å². The molecule has 0 aromatic heterocycles. The number of rotatable bonds is 4. The summed E-state index contributed by atoms with van der Waals surface area (Å²) < 4.78 is 0. The molecule has 20 heavy (non-hydrogen) atoms. The molecule has 4 nitrogen and oxygen atoms in total. The minimum atomic E-state index is -1.00. The molecule has 1 unspecified atom stereocenters. The van der Waals surface area contributed by atoms with E-state index in [0.717, 1.165) is 36.8 Å². The van der Waals surface area contributed by atoms with E-state index >= 15 is 0 Å². The number of hydrogen-bond acceptors (Lipinski definition) is 2. The zero-order valence-electron chi connectivity index (χ0n) is 12.0. The number of benzene rings is 1. The fourth-order valence-corrected chi connectivity index (χ4v) is 2.96. The van der Waals surface area contributed by atoms with Gasteiger partial charge in [-0.15, -0.1) is 0 Å². The van der Waals surface area contributed by atoms with Crippen LogP contribution in [0.15, 0.2) is 24.3 Å². The van der Waals surface area contributed by atoms with Crippen LogP contribution >= 0.6 is 0 Å². The van der Waals surface area contributed by atoms with Crippen molar-refractivity contribution in [2.24, 2.45) is 0 Å². The van der Waals surface area contributed by atoms with Gasteiger partial charge in [-0.25, -0.2) is 0 Å². The van der Waals surface area contributed by atoms with Crippen molar-refractivity contribution >= 4 is 11.9 Å². The van der Waals surface area contributed by atoms with Crippen molar-refractivity contribution < 1.29 is 14.7 Å². The van der Waals surface area contributed by atoms with Crippen molar-refractivity contribution in [3.8, 4) is 0 Å². The molecule has 4 heteroatoms. The lowest BCUT2D eigenvalue weighted by atomic mass is 9.77. The van der Waals surface area contributed by atoms with Crippen LogP contribution in [0.1, 0.15) is 43.7 Å². The molecule has 1 aromatic carbocycles. The molecule has 1 amide bonds. The Kier molecular flexibility index (Phi) is 4.12. The van der Waals surface area contributed by atoms with Crippen LogP contribution in [-0.4, -0.2) is 23.0 Å². The van der Waals surface area contributed by atoms with Crippen LogP contribution in [0, 0.1) is 6.92 Å². The van der Waals surface area contributed by atoms with E-state index in [2.05, 4.69) is 5.32 Å². The Labute approximate surface area is 119 Å². The second-order valence-electron chi connectivity index (χ2n) is 5.69. The molecule has 108 valence electrons. The normalized spacial score (nSPS) is 18.5. The maximum Gasteiger partial charge on any atom is 0.325 e. The van der Waals surface area contributed by atoms with E-state index in [4.69, 9.17) is 5.11 Å². The Bertz CT molecular complexity index is 518. The Morgan fingerprint density at radius 1 is 1.30 bits per heavy atom. The van der Waals surface area contributed by atoms with Crippen molar-refractivity contribution in [2.75, 3.05) is 0 Å². The molecule has 1 atom stereocenters. The summed E-state index contributed by atoms with van der Waals surface area (Å²) in [6.45, 7) is 3.50. The van der Waals surface area contributed by atoms with E-state index in [-0.39, 0.29) is 5.91 Å². The zero-order chi connectivity index (χ0) is 14.8. The lowest BCUT2D eigenvalue weighted by Crippen LogP contribution is -2.48. The third kappa shape index (κ3) is 2.69. The molecule has 0 bridgehead atoms. The summed E-state index contributed by atoms with van der Waals surface area (Å²) in [7, 11) is 0. The van der Waals surface area contributed by atoms with Gasteiger partial charge in [-0.1, -0.05) is 42.7 Å². The molecule has 0 saturated heterocycles. The number of carbonyl (C=O) groups excluding carboxylic acids is 1. The molecule has 2 rings (SSSR count). The second-order valence-corrected chi connectivity index (χ2v) is 5.69. The van der Waals surface area contributed by atoms with E-state index in [1.807, 2.05) is 31.2 Å². The molecular weight excluding hydrogens is 254 g/mol. The molecule has 1 saturated carbocycles. The number of nitrogens with one attached hydrogen (secondary N) is 1. The van der Waals surface area contributed by atoms with E-state index in [9.17, 15) is 9.59 Å². The largest absolute Gasteiger partial charge is 0.480 e. The number of carboxylic acid groups (broad SMARTS) is 1. The number of carbonyl (C=O) groups is 2. The number of carboxylic acids is 1. The first-order valence-electron chi connectivity index (χ1n) is 7.07. The molecular formula is C16H21NO3. The Morgan fingerprint density at radius 2 is 1.95 bits per heavy atom. The molecule has 1 aliphatic rings. The van der Waals surface area contributed by atoms with Crippen molar-refractivity contribution in [1.82, 2.24) is 5.32 Å². The Hall–Kier alpha value is -1.84. The molecule has 0 spiro atoms. The first-order chi connectivity index (χ1) is 9.45. The maximum absolute atomic E-state index is 12.6. The number of aliphatic carboxylic acids is 1. The molecule has 1 fully saturated rings. The lowest BCUT2D eigenvalue weighted by molar-refractivity contribution is -0.142. The second kappa shape index (κ2) is 5.65. The fourth-order valence-electron chi connectivity index (χ4n) is 2.96. The highest BCUT2D eigenvalue weighted by molar-refractivity contribution is 5.91. The van der Waals surface area contributed by atoms with Crippen LogP contribution in [0.5, 0.6) is 0 Å².